The number of carboxylic acid groups (broad SMARTS) is 1. The number of carbonyl (C=O) groups is 3. The molecule has 0 heterocycles. The second-order valence-electron chi connectivity index (χ2n) is 15.4. The number of halogens is 2. The van der Waals surface area contributed by atoms with E-state index in [1.165, 1.54) is 19.1 Å². The van der Waals surface area contributed by atoms with E-state index in [2.05, 4.69) is 20.8 Å². The van der Waals surface area contributed by atoms with Crippen molar-refractivity contribution in [3.8, 4) is 0 Å². The number of alkyl halides is 2. The number of carboxylic acids is 1. The predicted molar refractivity (Wildman–Crippen MR) is 149 cm³/mol. The molecule has 0 aromatic carbocycles. The van der Waals surface area contributed by atoms with Crippen molar-refractivity contribution in [3.05, 3.63) is 23.8 Å². The maximum atomic E-state index is 17.5. The third-order valence-electron chi connectivity index (χ3n) is 13.5. The molecule has 5 fully saturated rings. The molecule has 6 aliphatic carbocycles. The Morgan fingerprint density at radius 2 is 1.71 bits per heavy atom. The molecule has 0 spiro atoms. The third-order valence-corrected chi connectivity index (χ3v) is 13.5. The first-order chi connectivity index (χ1) is 19.4. The molecule has 0 saturated heterocycles. The van der Waals surface area contributed by atoms with Crippen LogP contribution < -0.4 is 0 Å². The van der Waals surface area contributed by atoms with Gasteiger partial charge in [0.2, 0.25) is 5.60 Å². The number of hydrogen-bond acceptors (Lipinski definition) is 6. The zero-order valence-electron chi connectivity index (χ0n) is 25.4. The Morgan fingerprint density at radius 1 is 1.02 bits per heavy atom. The van der Waals surface area contributed by atoms with Gasteiger partial charge in [-0.25, -0.2) is 18.4 Å². The quantitative estimate of drug-likeness (QED) is 0.389. The fraction of sp³-hybridized carbons (Fsp3) is 0.788. The number of aliphatic hydroxyl groups excluding tert-OH is 1. The van der Waals surface area contributed by atoms with Crippen molar-refractivity contribution in [2.24, 2.45) is 51.8 Å². The van der Waals surface area contributed by atoms with Crippen LogP contribution in [0.5, 0.6) is 0 Å². The minimum atomic E-state index is -2.35. The summed E-state index contributed by atoms with van der Waals surface area (Å²) >= 11 is 0. The van der Waals surface area contributed by atoms with E-state index in [4.69, 9.17) is 9.47 Å². The molecule has 0 aliphatic heterocycles. The zero-order valence-corrected chi connectivity index (χ0v) is 25.4. The second kappa shape index (κ2) is 9.12. The van der Waals surface area contributed by atoms with Crippen LogP contribution in [0.4, 0.5) is 13.6 Å². The molecule has 0 amide bonds. The van der Waals surface area contributed by atoms with Crippen molar-refractivity contribution in [1.29, 1.82) is 0 Å². The van der Waals surface area contributed by atoms with E-state index in [1.807, 2.05) is 0 Å². The molecule has 232 valence electrons. The van der Waals surface area contributed by atoms with Crippen LogP contribution in [0.2, 0.25) is 0 Å². The normalized spacial score (nSPS) is 52.1. The highest BCUT2D eigenvalue weighted by molar-refractivity contribution is 6.01. The van der Waals surface area contributed by atoms with E-state index in [9.17, 15) is 24.6 Å². The van der Waals surface area contributed by atoms with Gasteiger partial charge in [0, 0.05) is 28.6 Å². The van der Waals surface area contributed by atoms with E-state index in [0.29, 0.717) is 18.3 Å². The van der Waals surface area contributed by atoms with Crippen LogP contribution in [0, 0.1) is 51.8 Å². The van der Waals surface area contributed by atoms with Crippen molar-refractivity contribution in [3.63, 3.8) is 0 Å². The van der Waals surface area contributed by atoms with Crippen LogP contribution in [-0.2, 0) is 19.1 Å². The molecule has 0 aromatic rings. The first-order valence-corrected chi connectivity index (χ1v) is 15.5. The summed E-state index contributed by atoms with van der Waals surface area (Å²) in [4.78, 5) is 38.7. The van der Waals surface area contributed by atoms with Gasteiger partial charge in [0.1, 0.15) is 12.3 Å². The summed E-state index contributed by atoms with van der Waals surface area (Å²) < 4.78 is 45.0. The predicted octanol–water partition coefficient (Wildman–Crippen LogP) is 5.99. The summed E-state index contributed by atoms with van der Waals surface area (Å²) in [6, 6.07) is 0. The van der Waals surface area contributed by atoms with Crippen LogP contribution in [0.1, 0.15) is 80.1 Å². The van der Waals surface area contributed by atoms with Gasteiger partial charge in [0.25, 0.3) is 0 Å². The maximum Gasteiger partial charge on any atom is 0.509 e. The van der Waals surface area contributed by atoms with Gasteiger partial charge in [-0.05, 0) is 86.3 Å². The molecule has 0 aromatic heterocycles. The number of fused-ring (bicyclic) bond motifs is 6. The topological polar surface area (TPSA) is 110 Å². The molecular weight excluding hydrogens is 546 g/mol. The molecule has 6 rings (SSSR count). The molecule has 0 radical (unpaired) electrons. The Morgan fingerprint density at radius 3 is 2.38 bits per heavy atom. The minimum absolute atomic E-state index is 0.00512. The molecular formula is C33H44F2O7. The summed E-state index contributed by atoms with van der Waals surface area (Å²) in [5.74, 6) is -3.28. The van der Waals surface area contributed by atoms with Gasteiger partial charge in [0.15, 0.2) is 11.5 Å². The van der Waals surface area contributed by atoms with Crippen LogP contribution >= 0.6 is 0 Å². The highest BCUT2D eigenvalue weighted by Gasteiger charge is 2.78. The van der Waals surface area contributed by atoms with Gasteiger partial charge >= 0.3 is 12.1 Å². The lowest BCUT2D eigenvalue weighted by Gasteiger charge is -2.62. The molecule has 7 nitrogen and oxygen atoms in total. The lowest BCUT2D eigenvalue weighted by atomic mass is 9.44. The van der Waals surface area contributed by atoms with E-state index in [1.54, 1.807) is 13.8 Å². The lowest BCUT2D eigenvalue weighted by Crippen LogP contribution is -2.71. The summed E-state index contributed by atoms with van der Waals surface area (Å²) in [6.07, 6.45) is 1.36. The van der Waals surface area contributed by atoms with Crippen LogP contribution in [0.25, 0.3) is 0 Å². The van der Waals surface area contributed by atoms with Crippen molar-refractivity contribution >= 4 is 17.9 Å². The smallest absolute Gasteiger partial charge is 0.478 e. The Kier molecular flexibility index (Phi) is 6.46. The lowest BCUT2D eigenvalue weighted by molar-refractivity contribution is -0.235. The molecule has 13 atom stereocenters. The number of ketones is 1. The first-order valence-electron chi connectivity index (χ1n) is 15.5. The molecule has 9 heteroatoms. The SMILES string of the molecule is C[C@@H]1C[C@H]2[C@@H]3C[C@H](F)C4=CC(=O)C=C[C@]4(C)[C@@]3(F)[C@@H](O)C[C@]2(C)[C@@]1(OC(=O)O[C@H]1C[C@H]2CC[C@H](C)C(C)(C)C21)C(=O)O. The third kappa shape index (κ3) is 3.49. The number of ether oxygens (including phenoxy) is 2. The molecule has 6 aliphatic rings. The number of hydrogen-bond donors (Lipinski definition) is 2. The highest BCUT2D eigenvalue weighted by atomic mass is 19.1. The largest absolute Gasteiger partial charge is 0.509 e. The van der Waals surface area contributed by atoms with E-state index in [-0.39, 0.29) is 42.3 Å². The zero-order chi connectivity index (χ0) is 30.8. The number of rotatable bonds is 3. The first kappa shape index (κ1) is 29.8. The van der Waals surface area contributed by atoms with Crippen molar-refractivity contribution < 1.29 is 42.9 Å². The summed E-state index contributed by atoms with van der Waals surface area (Å²) in [7, 11) is 0. The van der Waals surface area contributed by atoms with E-state index < -0.39 is 70.0 Å². The highest BCUT2D eigenvalue weighted by Crippen LogP contribution is 2.71. The summed E-state index contributed by atoms with van der Waals surface area (Å²) in [5, 5.41) is 22.3. The summed E-state index contributed by atoms with van der Waals surface area (Å²) in [6.45, 7) is 11.4. The van der Waals surface area contributed by atoms with Crippen molar-refractivity contribution in [1.82, 2.24) is 0 Å². The van der Waals surface area contributed by atoms with Gasteiger partial charge in [-0.1, -0.05) is 40.7 Å². The molecule has 42 heavy (non-hydrogen) atoms. The standard InChI is InChI=1S/C33H44F2O7/c1-16-7-8-18-12-24(26(18)29(16,3)4)41-28(40)42-33(27(38)39)17(2)11-20-21-14-23(34)22-13-19(36)9-10-30(22,5)32(21,35)25(37)15-31(20,33)6/h9-10,13,16-18,20-21,23-26,37H,7-8,11-12,14-15H2,1-6H3,(H,38,39)/t16-,17+,18+,20-,21-,23-,24-,25-,26?,30-,31-,32-,33-/m0/s1. The Bertz CT molecular complexity index is 1280. The fourth-order valence-electron chi connectivity index (χ4n) is 10.9. The van der Waals surface area contributed by atoms with Crippen molar-refractivity contribution in [2.45, 2.75) is 110 Å². The Labute approximate surface area is 246 Å². The maximum absolute atomic E-state index is 17.5. The van der Waals surface area contributed by atoms with Gasteiger partial charge in [0.05, 0.1) is 6.10 Å². The van der Waals surface area contributed by atoms with Crippen LogP contribution in [0.15, 0.2) is 23.8 Å². The minimum Gasteiger partial charge on any atom is -0.478 e. The monoisotopic (exact) mass is 590 g/mol. The molecule has 1 unspecified atom stereocenters. The van der Waals surface area contributed by atoms with Gasteiger partial charge in [-0.3, -0.25) is 4.79 Å². The Balaban J connectivity index is 1.32. The average molecular weight is 591 g/mol. The Hall–Kier alpha value is -2.29. The number of carbonyl (C=O) groups excluding carboxylic acids is 2. The van der Waals surface area contributed by atoms with E-state index in [0.717, 1.165) is 18.9 Å². The van der Waals surface area contributed by atoms with E-state index >= 15 is 8.78 Å². The van der Waals surface area contributed by atoms with Gasteiger partial charge in [-0.2, -0.15) is 0 Å². The number of aliphatic hydroxyl groups is 1. The van der Waals surface area contributed by atoms with Gasteiger partial charge < -0.3 is 19.7 Å². The molecule has 5 saturated carbocycles. The number of aliphatic carboxylic acids is 1. The van der Waals surface area contributed by atoms with Crippen molar-refractivity contribution in [2.75, 3.05) is 0 Å². The van der Waals surface area contributed by atoms with Crippen LogP contribution in [-0.4, -0.2) is 57.8 Å². The molecule has 2 N–H and O–H groups in total. The summed E-state index contributed by atoms with van der Waals surface area (Å²) in [5.41, 5.74) is -7.46. The molecule has 0 bridgehead atoms. The average Bonchev–Trinajstić information content (AvgIpc) is 3.09. The fourth-order valence-corrected chi connectivity index (χ4v) is 10.9. The van der Waals surface area contributed by atoms with Gasteiger partial charge in [-0.15, -0.1) is 0 Å². The van der Waals surface area contributed by atoms with Crippen LogP contribution in [0.3, 0.4) is 0 Å². The second-order valence-corrected chi connectivity index (χ2v) is 15.4. The number of allylic oxidation sites excluding steroid dienone is 4.